The molecule has 0 aromatic carbocycles. The summed E-state index contributed by atoms with van der Waals surface area (Å²) in [5.74, 6) is 0. The fraction of sp³-hybridized carbons (Fsp3) is 0.909. The second-order valence-corrected chi connectivity index (χ2v) is 5.77. The summed E-state index contributed by atoms with van der Waals surface area (Å²) in [5.41, 5.74) is 0. The predicted molar refractivity (Wildman–Crippen MR) is 64.0 cm³/mol. The summed E-state index contributed by atoms with van der Waals surface area (Å²) in [7, 11) is 0. The van der Waals surface area contributed by atoms with E-state index in [9.17, 15) is 0 Å². The average Bonchev–Trinajstić information content (AvgIpc) is 2.19. The fourth-order valence-corrected chi connectivity index (χ4v) is 3.91. The topological polar surface area (TPSA) is 24.4 Å². The van der Waals surface area contributed by atoms with Crippen molar-refractivity contribution in [1.82, 2.24) is 5.32 Å². The van der Waals surface area contributed by atoms with Gasteiger partial charge in [0.2, 0.25) is 0 Å². The van der Waals surface area contributed by atoms with Gasteiger partial charge in [-0.25, -0.2) is 0 Å². The van der Waals surface area contributed by atoms with Gasteiger partial charge in [0, 0.05) is 17.8 Å². The maximum atomic E-state index is 4.54. The lowest BCUT2D eigenvalue weighted by Gasteiger charge is -2.38. The minimum Gasteiger partial charge on any atom is -0.365 e. The van der Waals surface area contributed by atoms with E-state index in [1.165, 1.54) is 43.7 Å². The molecule has 1 saturated carbocycles. The van der Waals surface area contributed by atoms with Crippen molar-refractivity contribution in [3.8, 4) is 0 Å². The van der Waals surface area contributed by atoms with Crippen LogP contribution in [0.5, 0.6) is 0 Å². The molecule has 0 radical (unpaired) electrons. The zero-order chi connectivity index (χ0) is 9.86. The maximum absolute atomic E-state index is 4.54. The number of aliphatic imine (C=N–C) groups is 1. The van der Waals surface area contributed by atoms with Gasteiger partial charge in [-0.15, -0.1) is 0 Å². The number of amidine groups is 1. The summed E-state index contributed by atoms with van der Waals surface area (Å²) in [6, 6.07) is 0. The third-order valence-corrected chi connectivity index (χ3v) is 4.74. The number of rotatable bonds is 1. The highest BCUT2D eigenvalue weighted by Crippen LogP contribution is 2.44. The molecule has 1 N–H and O–H groups in total. The molecule has 14 heavy (non-hydrogen) atoms. The normalized spacial score (nSPS) is 25.9. The molecule has 0 unspecified atom stereocenters. The molecule has 0 aromatic rings. The van der Waals surface area contributed by atoms with Crippen LogP contribution in [0.1, 0.15) is 45.4 Å². The zero-order valence-electron chi connectivity index (χ0n) is 9.01. The highest BCUT2D eigenvalue weighted by Gasteiger charge is 2.35. The van der Waals surface area contributed by atoms with Crippen molar-refractivity contribution in [3.05, 3.63) is 0 Å². The van der Waals surface area contributed by atoms with Gasteiger partial charge in [0.05, 0.1) is 0 Å². The molecule has 1 aliphatic heterocycles. The SMILES string of the molecule is CCNC1=NCCC2(CCCCC2)S1. The number of thioether (sulfide) groups is 1. The van der Waals surface area contributed by atoms with Gasteiger partial charge in [-0.3, -0.25) is 4.99 Å². The molecule has 1 aliphatic carbocycles. The average molecular weight is 212 g/mol. The molecule has 2 nitrogen and oxygen atoms in total. The van der Waals surface area contributed by atoms with E-state index in [4.69, 9.17) is 0 Å². The van der Waals surface area contributed by atoms with E-state index in [0.717, 1.165) is 13.1 Å². The van der Waals surface area contributed by atoms with E-state index in [1.807, 2.05) is 11.8 Å². The number of hydrogen-bond acceptors (Lipinski definition) is 3. The second-order valence-electron chi connectivity index (χ2n) is 4.31. The quantitative estimate of drug-likeness (QED) is 0.723. The van der Waals surface area contributed by atoms with Gasteiger partial charge >= 0.3 is 0 Å². The molecule has 0 atom stereocenters. The first-order valence-electron chi connectivity index (χ1n) is 5.82. The standard InChI is InChI=1S/C11H20N2S/c1-2-12-10-13-9-8-11(14-10)6-4-3-5-7-11/h2-9H2,1H3,(H,12,13). The van der Waals surface area contributed by atoms with Crippen LogP contribution in [-0.4, -0.2) is 23.0 Å². The van der Waals surface area contributed by atoms with E-state index < -0.39 is 0 Å². The highest BCUT2D eigenvalue weighted by atomic mass is 32.2. The van der Waals surface area contributed by atoms with Gasteiger partial charge in [-0.2, -0.15) is 0 Å². The molecule has 0 aromatic heterocycles. The van der Waals surface area contributed by atoms with E-state index in [-0.39, 0.29) is 0 Å². The summed E-state index contributed by atoms with van der Waals surface area (Å²) in [6.45, 7) is 4.18. The molecule has 1 fully saturated rings. The lowest BCUT2D eigenvalue weighted by atomic mass is 9.86. The van der Waals surface area contributed by atoms with Crippen LogP contribution in [0.4, 0.5) is 0 Å². The fourth-order valence-electron chi connectivity index (χ4n) is 2.44. The molecule has 0 amide bonds. The van der Waals surface area contributed by atoms with Crippen molar-refractivity contribution >= 4 is 16.9 Å². The van der Waals surface area contributed by atoms with E-state index in [1.54, 1.807) is 0 Å². The summed E-state index contributed by atoms with van der Waals surface area (Å²) in [4.78, 5) is 4.54. The van der Waals surface area contributed by atoms with Gasteiger partial charge in [-0.1, -0.05) is 31.0 Å². The lowest BCUT2D eigenvalue weighted by molar-refractivity contribution is 0.381. The smallest absolute Gasteiger partial charge is 0.157 e. The highest BCUT2D eigenvalue weighted by molar-refractivity contribution is 8.15. The summed E-state index contributed by atoms with van der Waals surface area (Å²) < 4.78 is 0.553. The van der Waals surface area contributed by atoms with Gasteiger partial charge in [0.15, 0.2) is 5.17 Å². The molecular weight excluding hydrogens is 192 g/mol. The Morgan fingerprint density at radius 3 is 2.79 bits per heavy atom. The second kappa shape index (κ2) is 4.56. The van der Waals surface area contributed by atoms with E-state index in [2.05, 4.69) is 17.2 Å². The molecule has 0 bridgehead atoms. The Bertz CT molecular complexity index is 219. The zero-order valence-corrected chi connectivity index (χ0v) is 9.83. The first-order valence-corrected chi connectivity index (χ1v) is 6.64. The third kappa shape index (κ3) is 2.25. The van der Waals surface area contributed by atoms with Gasteiger partial charge in [0.1, 0.15) is 0 Å². The predicted octanol–water partition coefficient (Wildman–Crippen LogP) is 2.79. The van der Waals surface area contributed by atoms with Crippen LogP contribution in [-0.2, 0) is 0 Å². The van der Waals surface area contributed by atoms with E-state index >= 15 is 0 Å². The van der Waals surface area contributed by atoms with Crippen LogP contribution in [0.25, 0.3) is 0 Å². The van der Waals surface area contributed by atoms with Crippen LogP contribution in [0.15, 0.2) is 4.99 Å². The Morgan fingerprint density at radius 1 is 1.29 bits per heavy atom. The van der Waals surface area contributed by atoms with Crippen LogP contribution in [0.2, 0.25) is 0 Å². The van der Waals surface area contributed by atoms with Crippen LogP contribution >= 0.6 is 11.8 Å². The van der Waals surface area contributed by atoms with Gasteiger partial charge < -0.3 is 5.32 Å². The molecule has 0 saturated heterocycles. The van der Waals surface area contributed by atoms with Crippen molar-refractivity contribution in [3.63, 3.8) is 0 Å². The molecule has 80 valence electrons. The first kappa shape index (κ1) is 10.3. The maximum Gasteiger partial charge on any atom is 0.157 e. The third-order valence-electron chi connectivity index (χ3n) is 3.23. The van der Waals surface area contributed by atoms with Crippen molar-refractivity contribution in [2.45, 2.75) is 50.2 Å². The molecule has 3 heteroatoms. The Morgan fingerprint density at radius 2 is 2.07 bits per heavy atom. The van der Waals surface area contributed by atoms with Crippen molar-refractivity contribution in [2.24, 2.45) is 4.99 Å². The van der Waals surface area contributed by atoms with Gasteiger partial charge in [0.25, 0.3) is 0 Å². The summed E-state index contributed by atoms with van der Waals surface area (Å²) in [5, 5.41) is 4.56. The largest absolute Gasteiger partial charge is 0.365 e. The minimum atomic E-state index is 0.553. The Balaban J connectivity index is 1.98. The number of nitrogens with one attached hydrogen (secondary N) is 1. The van der Waals surface area contributed by atoms with Crippen molar-refractivity contribution in [1.29, 1.82) is 0 Å². The molecule has 1 heterocycles. The Hall–Kier alpha value is -0.180. The lowest BCUT2D eigenvalue weighted by Crippen LogP contribution is -2.37. The van der Waals surface area contributed by atoms with Crippen molar-refractivity contribution in [2.75, 3.05) is 13.1 Å². The number of nitrogens with zero attached hydrogens (tertiary/aromatic N) is 1. The monoisotopic (exact) mass is 212 g/mol. The van der Waals surface area contributed by atoms with Crippen molar-refractivity contribution < 1.29 is 0 Å². The Kier molecular flexibility index (Phi) is 3.37. The van der Waals surface area contributed by atoms with Crippen LogP contribution < -0.4 is 5.32 Å². The summed E-state index contributed by atoms with van der Waals surface area (Å²) in [6.07, 6.45) is 8.39. The first-order chi connectivity index (χ1) is 6.85. The summed E-state index contributed by atoms with van der Waals surface area (Å²) >= 11 is 2.02. The van der Waals surface area contributed by atoms with E-state index in [0.29, 0.717) is 4.75 Å². The number of hydrogen-bond donors (Lipinski definition) is 1. The molecule has 2 rings (SSSR count). The van der Waals surface area contributed by atoms with Crippen LogP contribution in [0.3, 0.4) is 0 Å². The minimum absolute atomic E-state index is 0.553. The molecular formula is C11H20N2S. The van der Waals surface area contributed by atoms with Crippen LogP contribution in [0, 0.1) is 0 Å². The molecule has 2 aliphatic rings. The van der Waals surface area contributed by atoms with Gasteiger partial charge in [-0.05, 0) is 26.2 Å². The molecule has 1 spiro atoms. The Labute approximate surface area is 90.9 Å².